The van der Waals surface area contributed by atoms with E-state index in [1.54, 1.807) is 13.0 Å². The molecule has 4 nitrogen and oxygen atoms in total. The average Bonchev–Trinajstić information content (AvgIpc) is 2.26. The first-order valence-corrected chi connectivity index (χ1v) is 4.36. The Balaban J connectivity index is 3.33. The second-order valence-corrected chi connectivity index (χ2v) is 3.09. The van der Waals surface area contributed by atoms with E-state index >= 15 is 0 Å². The minimum Gasteiger partial charge on any atom is -0.465 e. The molecule has 0 aliphatic carbocycles. The Labute approximate surface area is 87.7 Å². The van der Waals surface area contributed by atoms with Gasteiger partial charge in [-0.15, -0.1) is 0 Å². The van der Waals surface area contributed by atoms with Crippen molar-refractivity contribution in [2.24, 2.45) is 0 Å². The standard InChI is InChI=1S/C11H11NO3/c1-7-3-8(11(14)15-2)4-9(6-13)10(7)5-12/h3-4,13H,6H2,1-2H3. The Morgan fingerprint density at radius 1 is 1.60 bits per heavy atom. The maximum absolute atomic E-state index is 11.2. The number of hydrogen-bond acceptors (Lipinski definition) is 4. The van der Waals surface area contributed by atoms with E-state index in [2.05, 4.69) is 4.74 Å². The Morgan fingerprint density at radius 2 is 2.27 bits per heavy atom. The molecule has 0 fully saturated rings. The fourth-order valence-electron chi connectivity index (χ4n) is 1.38. The topological polar surface area (TPSA) is 70.3 Å². The summed E-state index contributed by atoms with van der Waals surface area (Å²) in [5, 5.41) is 17.9. The van der Waals surface area contributed by atoms with Gasteiger partial charge in [0.1, 0.15) is 0 Å². The number of ether oxygens (including phenoxy) is 1. The van der Waals surface area contributed by atoms with E-state index < -0.39 is 5.97 Å². The van der Waals surface area contributed by atoms with Gasteiger partial charge in [0, 0.05) is 0 Å². The lowest BCUT2D eigenvalue weighted by molar-refractivity contribution is 0.0600. The van der Waals surface area contributed by atoms with Gasteiger partial charge in [0.05, 0.1) is 30.9 Å². The molecule has 15 heavy (non-hydrogen) atoms. The van der Waals surface area contributed by atoms with E-state index in [0.717, 1.165) is 0 Å². The summed E-state index contributed by atoms with van der Waals surface area (Å²) in [6, 6.07) is 5.03. The van der Waals surface area contributed by atoms with Gasteiger partial charge in [-0.1, -0.05) is 0 Å². The summed E-state index contributed by atoms with van der Waals surface area (Å²) in [7, 11) is 1.29. The lowest BCUT2D eigenvalue weighted by Gasteiger charge is -2.07. The van der Waals surface area contributed by atoms with E-state index in [9.17, 15) is 4.79 Å². The first kappa shape index (κ1) is 11.2. The van der Waals surface area contributed by atoms with E-state index in [1.165, 1.54) is 13.2 Å². The molecule has 0 unspecified atom stereocenters. The van der Waals surface area contributed by atoms with Crippen LogP contribution in [0.1, 0.15) is 27.0 Å². The SMILES string of the molecule is COC(=O)c1cc(C)c(C#N)c(CO)c1. The number of esters is 1. The molecule has 0 aromatic heterocycles. The quantitative estimate of drug-likeness (QED) is 0.735. The summed E-state index contributed by atoms with van der Waals surface area (Å²) in [6.45, 7) is 1.44. The van der Waals surface area contributed by atoms with Crippen molar-refractivity contribution in [2.75, 3.05) is 7.11 Å². The zero-order valence-electron chi connectivity index (χ0n) is 8.57. The molecule has 1 N–H and O–H groups in total. The van der Waals surface area contributed by atoms with Gasteiger partial charge in [0.2, 0.25) is 0 Å². The van der Waals surface area contributed by atoms with Crippen LogP contribution in [0.3, 0.4) is 0 Å². The summed E-state index contributed by atoms with van der Waals surface area (Å²) in [4.78, 5) is 11.2. The monoisotopic (exact) mass is 205 g/mol. The number of nitrogens with zero attached hydrogens (tertiary/aromatic N) is 1. The highest BCUT2D eigenvalue weighted by Crippen LogP contribution is 2.17. The van der Waals surface area contributed by atoms with Crippen LogP contribution in [-0.4, -0.2) is 18.2 Å². The highest BCUT2D eigenvalue weighted by molar-refractivity contribution is 5.90. The number of rotatable bonds is 2. The van der Waals surface area contributed by atoms with Gasteiger partial charge in [-0.2, -0.15) is 5.26 Å². The molecule has 1 aromatic rings. The Morgan fingerprint density at radius 3 is 2.73 bits per heavy atom. The van der Waals surface area contributed by atoms with Crippen molar-refractivity contribution >= 4 is 5.97 Å². The molecule has 0 amide bonds. The molecule has 0 saturated carbocycles. The van der Waals surface area contributed by atoms with Gasteiger partial charge >= 0.3 is 5.97 Å². The van der Waals surface area contributed by atoms with Crippen LogP contribution in [0.5, 0.6) is 0 Å². The summed E-state index contributed by atoms with van der Waals surface area (Å²) in [5.74, 6) is -0.475. The molecule has 1 rings (SSSR count). The minimum atomic E-state index is -0.475. The number of aryl methyl sites for hydroxylation is 1. The highest BCUT2D eigenvalue weighted by atomic mass is 16.5. The Hall–Kier alpha value is -1.86. The van der Waals surface area contributed by atoms with Crippen LogP contribution < -0.4 is 0 Å². The van der Waals surface area contributed by atoms with Crippen molar-refractivity contribution in [3.63, 3.8) is 0 Å². The summed E-state index contributed by atoms with van der Waals surface area (Å²) < 4.78 is 4.56. The first-order valence-electron chi connectivity index (χ1n) is 4.36. The number of nitriles is 1. The van der Waals surface area contributed by atoms with Crippen LogP contribution in [0.15, 0.2) is 12.1 Å². The van der Waals surface area contributed by atoms with Crippen LogP contribution in [0.25, 0.3) is 0 Å². The lowest BCUT2D eigenvalue weighted by atomic mass is 10.00. The highest BCUT2D eigenvalue weighted by Gasteiger charge is 2.12. The van der Waals surface area contributed by atoms with Gasteiger partial charge in [0.15, 0.2) is 0 Å². The van der Waals surface area contributed by atoms with Crippen molar-refractivity contribution in [3.05, 3.63) is 34.4 Å². The van der Waals surface area contributed by atoms with Crippen LogP contribution in [0, 0.1) is 18.3 Å². The molecular formula is C11H11NO3. The summed E-state index contributed by atoms with van der Waals surface area (Å²) >= 11 is 0. The maximum Gasteiger partial charge on any atom is 0.337 e. The predicted octanol–water partition coefficient (Wildman–Crippen LogP) is 1.15. The Bertz CT molecular complexity index is 432. The van der Waals surface area contributed by atoms with Crippen molar-refractivity contribution < 1.29 is 14.6 Å². The van der Waals surface area contributed by atoms with E-state index in [0.29, 0.717) is 22.3 Å². The number of aliphatic hydroxyl groups is 1. The molecule has 0 heterocycles. The normalized spacial score (nSPS) is 9.47. The first-order chi connectivity index (χ1) is 7.13. The molecule has 1 aromatic carbocycles. The number of aliphatic hydroxyl groups excluding tert-OH is 1. The smallest absolute Gasteiger partial charge is 0.337 e. The van der Waals surface area contributed by atoms with Gasteiger partial charge in [-0.3, -0.25) is 0 Å². The Kier molecular flexibility index (Phi) is 3.42. The predicted molar refractivity (Wildman–Crippen MR) is 53.2 cm³/mol. The molecule has 78 valence electrons. The van der Waals surface area contributed by atoms with Gasteiger partial charge < -0.3 is 9.84 Å². The molecule has 0 atom stereocenters. The van der Waals surface area contributed by atoms with Gasteiger partial charge in [-0.25, -0.2) is 4.79 Å². The average molecular weight is 205 g/mol. The third-order valence-electron chi connectivity index (χ3n) is 2.12. The maximum atomic E-state index is 11.2. The number of methoxy groups -OCH3 is 1. The third kappa shape index (κ3) is 2.14. The van der Waals surface area contributed by atoms with Crippen LogP contribution in [-0.2, 0) is 11.3 Å². The lowest BCUT2D eigenvalue weighted by Crippen LogP contribution is -2.04. The minimum absolute atomic E-state index is 0.269. The van der Waals surface area contributed by atoms with Crippen molar-refractivity contribution in [1.82, 2.24) is 0 Å². The molecule has 0 aliphatic heterocycles. The molecule has 4 heteroatoms. The van der Waals surface area contributed by atoms with Crippen LogP contribution in [0.2, 0.25) is 0 Å². The second kappa shape index (κ2) is 4.58. The zero-order chi connectivity index (χ0) is 11.4. The zero-order valence-corrected chi connectivity index (χ0v) is 8.57. The van der Waals surface area contributed by atoms with Crippen LogP contribution in [0.4, 0.5) is 0 Å². The molecular weight excluding hydrogens is 194 g/mol. The van der Waals surface area contributed by atoms with E-state index in [4.69, 9.17) is 10.4 Å². The molecule has 0 bridgehead atoms. The number of carbonyl (C=O) groups excluding carboxylic acids is 1. The van der Waals surface area contributed by atoms with E-state index in [1.807, 2.05) is 6.07 Å². The third-order valence-corrected chi connectivity index (χ3v) is 2.12. The van der Waals surface area contributed by atoms with E-state index in [-0.39, 0.29) is 6.61 Å². The number of carbonyl (C=O) groups is 1. The summed E-state index contributed by atoms with van der Waals surface area (Å²) in [6.07, 6.45) is 0. The fraction of sp³-hybridized carbons (Fsp3) is 0.273. The fourth-order valence-corrected chi connectivity index (χ4v) is 1.38. The number of hydrogen-bond donors (Lipinski definition) is 1. The molecule has 0 radical (unpaired) electrons. The molecule has 0 spiro atoms. The largest absolute Gasteiger partial charge is 0.465 e. The molecule has 0 aliphatic rings. The van der Waals surface area contributed by atoms with Crippen LogP contribution >= 0.6 is 0 Å². The van der Waals surface area contributed by atoms with Crippen molar-refractivity contribution in [3.8, 4) is 6.07 Å². The van der Waals surface area contributed by atoms with Gasteiger partial charge in [0.25, 0.3) is 0 Å². The van der Waals surface area contributed by atoms with Crippen molar-refractivity contribution in [2.45, 2.75) is 13.5 Å². The number of benzene rings is 1. The van der Waals surface area contributed by atoms with Crippen molar-refractivity contribution in [1.29, 1.82) is 5.26 Å². The summed E-state index contributed by atoms with van der Waals surface area (Å²) in [5.41, 5.74) is 1.85. The second-order valence-electron chi connectivity index (χ2n) is 3.09. The molecule has 0 saturated heterocycles. The van der Waals surface area contributed by atoms with Gasteiger partial charge in [-0.05, 0) is 30.2 Å².